The highest BCUT2D eigenvalue weighted by Gasteiger charge is 2.22. The fraction of sp³-hybridized carbons (Fsp3) is 0.889. The third kappa shape index (κ3) is 4.72. The summed E-state index contributed by atoms with van der Waals surface area (Å²) >= 11 is 0. The monoisotopic (exact) mass is 187 g/mol. The van der Waals surface area contributed by atoms with Crippen LogP contribution in [0.1, 0.15) is 34.1 Å². The highest BCUT2D eigenvalue weighted by molar-refractivity contribution is 5.75. The number of hydrogen-bond donors (Lipinski definition) is 3. The second-order valence-electron chi connectivity index (χ2n) is 3.87. The molecule has 4 heteroatoms. The summed E-state index contributed by atoms with van der Waals surface area (Å²) in [6.07, 6.45) is 0.828. The number of rotatable bonds is 4. The Labute approximate surface area is 80.3 Å². The lowest BCUT2D eigenvalue weighted by molar-refractivity contribution is 0.224. The molecule has 0 rings (SSSR count). The van der Waals surface area contributed by atoms with Crippen LogP contribution in [0.4, 0.5) is 4.79 Å². The number of urea groups is 1. The Bertz CT molecular complexity index is 164. The van der Waals surface area contributed by atoms with Crippen LogP contribution in [0.25, 0.3) is 0 Å². The van der Waals surface area contributed by atoms with E-state index in [1.165, 1.54) is 0 Å². The van der Waals surface area contributed by atoms with Crippen molar-refractivity contribution in [3.63, 3.8) is 0 Å². The van der Waals surface area contributed by atoms with Gasteiger partial charge in [0.2, 0.25) is 0 Å². The van der Waals surface area contributed by atoms with Gasteiger partial charge in [0.25, 0.3) is 0 Å². The van der Waals surface area contributed by atoms with Crippen LogP contribution in [0, 0.1) is 0 Å². The second-order valence-corrected chi connectivity index (χ2v) is 3.87. The van der Waals surface area contributed by atoms with E-state index in [9.17, 15) is 4.79 Å². The Morgan fingerprint density at radius 2 is 2.08 bits per heavy atom. The van der Waals surface area contributed by atoms with Crippen molar-refractivity contribution in [1.29, 1.82) is 0 Å². The van der Waals surface area contributed by atoms with E-state index >= 15 is 0 Å². The summed E-state index contributed by atoms with van der Waals surface area (Å²) < 4.78 is 0. The summed E-state index contributed by atoms with van der Waals surface area (Å²) in [5.41, 5.74) is 5.26. The standard InChI is InChI=1S/C9H21N3O/c1-5-9(4,6-10)12-8(13)11-7(2)3/h7H,5-6,10H2,1-4H3,(H2,11,12,13). The van der Waals surface area contributed by atoms with Crippen LogP contribution in [0.15, 0.2) is 0 Å². The van der Waals surface area contributed by atoms with Crippen LogP contribution in [0.2, 0.25) is 0 Å². The number of nitrogens with two attached hydrogens (primary N) is 1. The molecule has 0 aromatic carbocycles. The van der Waals surface area contributed by atoms with Gasteiger partial charge in [0.1, 0.15) is 0 Å². The summed E-state index contributed by atoms with van der Waals surface area (Å²) in [6, 6.07) is 0.00341. The first-order chi connectivity index (χ1) is 5.93. The van der Waals surface area contributed by atoms with Gasteiger partial charge in [0.05, 0.1) is 5.54 Å². The summed E-state index contributed by atoms with van der Waals surface area (Å²) in [4.78, 5) is 11.3. The van der Waals surface area contributed by atoms with E-state index < -0.39 is 0 Å². The van der Waals surface area contributed by atoms with E-state index in [1.54, 1.807) is 0 Å². The van der Waals surface area contributed by atoms with Crippen molar-refractivity contribution in [2.75, 3.05) is 6.54 Å². The lowest BCUT2D eigenvalue weighted by Gasteiger charge is -2.28. The van der Waals surface area contributed by atoms with Gasteiger partial charge >= 0.3 is 6.03 Å². The number of nitrogens with one attached hydrogen (secondary N) is 2. The minimum Gasteiger partial charge on any atom is -0.336 e. The minimum atomic E-state index is -0.293. The average Bonchev–Trinajstić information content (AvgIpc) is 2.02. The molecule has 0 bridgehead atoms. The maximum Gasteiger partial charge on any atom is 0.315 e. The number of carbonyl (C=O) groups is 1. The maximum absolute atomic E-state index is 11.3. The normalized spacial score (nSPS) is 15.2. The van der Waals surface area contributed by atoms with Crippen molar-refractivity contribution >= 4 is 6.03 Å². The molecule has 0 spiro atoms. The molecule has 0 aliphatic carbocycles. The molecule has 0 saturated carbocycles. The van der Waals surface area contributed by atoms with Gasteiger partial charge < -0.3 is 16.4 Å². The molecule has 0 fully saturated rings. The van der Waals surface area contributed by atoms with Crippen LogP contribution >= 0.6 is 0 Å². The second kappa shape index (κ2) is 5.07. The third-order valence-electron chi connectivity index (χ3n) is 2.07. The van der Waals surface area contributed by atoms with E-state index in [2.05, 4.69) is 10.6 Å². The Balaban J connectivity index is 4.02. The van der Waals surface area contributed by atoms with E-state index in [1.807, 2.05) is 27.7 Å². The van der Waals surface area contributed by atoms with Crippen molar-refractivity contribution in [3.8, 4) is 0 Å². The first kappa shape index (κ1) is 12.2. The smallest absolute Gasteiger partial charge is 0.315 e. The lowest BCUT2D eigenvalue weighted by Crippen LogP contribution is -2.55. The molecule has 0 radical (unpaired) electrons. The predicted octanol–water partition coefficient (Wildman–Crippen LogP) is 0.821. The number of carbonyl (C=O) groups excluding carboxylic acids is 1. The fourth-order valence-corrected chi connectivity index (χ4v) is 0.856. The molecule has 0 aliphatic heterocycles. The maximum atomic E-state index is 11.3. The molecule has 0 saturated heterocycles. The van der Waals surface area contributed by atoms with Gasteiger partial charge in [-0.3, -0.25) is 0 Å². The molecule has 78 valence electrons. The zero-order valence-electron chi connectivity index (χ0n) is 8.98. The van der Waals surface area contributed by atoms with Gasteiger partial charge in [-0.1, -0.05) is 6.92 Å². The van der Waals surface area contributed by atoms with Gasteiger partial charge in [-0.25, -0.2) is 4.79 Å². The Morgan fingerprint density at radius 1 is 1.54 bits per heavy atom. The first-order valence-electron chi connectivity index (χ1n) is 4.72. The van der Waals surface area contributed by atoms with Gasteiger partial charge in [-0.15, -0.1) is 0 Å². The molecule has 2 amide bonds. The molecule has 4 N–H and O–H groups in total. The average molecular weight is 187 g/mol. The van der Waals surface area contributed by atoms with Crippen LogP contribution in [-0.2, 0) is 0 Å². The van der Waals surface area contributed by atoms with Crippen LogP contribution in [-0.4, -0.2) is 24.2 Å². The van der Waals surface area contributed by atoms with Crippen LogP contribution in [0.5, 0.6) is 0 Å². The Morgan fingerprint density at radius 3 is 2.38 bits per heavy atom. The Kier molecular flexibility index (Phi) is 4.77. The Hall–Kier alpha value is -0.770. The number of hydrogen-bond acceptors (Lipinski definition) is 2. The largest absolute Gasteiger partial charge is 0.336 e. The van der Waals surface area contributed by atoms with Crippen molar-refractivity contribution in [3.05, 3.63) is 0 Å². The summed E-state index contributed by atoms with van der Waals surface area (Å²) in [5.74, 6) is 0. The molecule has 1 unspecified atom stereocenters. The molecule has 0 aromatic rings. The molecule has 0 heterocycles. The van der Waals surface area contributed by atoms with Crippen LogP contribution in [0.3, 0.4) is 0 Å². The first-order valence-corrected chi connectivity index (χ1v) is 4.72. The molecular weight excluding hydrogens is 166 g/mol. The molecule has 1 atom stereocenters. The highest BCUT2D eigenvalue weighted by atomic mass is 16.2. The van der Waals surface area contributed by atoms with E-state index in [0.717, 1.165) is 6.42 Å². The van der Waals surface area contributed by atoms with Crippen molar-refractivity contribution in [1.82, 2.24) is 10.6 Å². The molecular formula is C9H21N3O. The SMILES string of the molecule is CCC(C)(CN)NC(=O)NC(C)C. The number of amides is 2. The highest BCUT2D eigenvalue weighted by Crippen LogP contribution is 2.05. The van der Waals surface area contributed by atoms with Gasteiger partial charge in [0.15, 0.2) is 0 Å². The zero-order chi connectivity index (χ0) is 10.5. The third-order valence-corrected chi connectivity index (χ3v) is 2.07. The zero-order valence-corrected chi connectivity index (χ0v) is 8.98. The van der Waals surface area contributed by atoms with Crippen molar-refractivity contribution in [2.45, 2.75) is 45.7 Å². The summed E-state index contributed by atoms with van der Waals surface area (Å²) in [5, 5.41) is 5.61. The van der Waals surface area contributed by atoms with Crippen molar-refractivity contribution < 1.29 is 4.79 Å². The van der Waals surface area contributed by atoms with Crippen LogP contribution < -0.4 is 16.4 Å². The van der Waals surface area contributed by atoms with E-state index in [0.29, 0.717) is 6.54 Å². The summed E-state index contributed by atoms with van der Waals surface area (Å²) in [7, 11) is 0. The van der Waals surface area contributed by atoms with Gasteiger partial charge in [0, 0.05) is 12.6 Å². The minimum absolute atomic E-state index is 0.148. The van der Waals surface area contributed by atoms with Crippen molar-refractivity contribution in [2.24, 2.45) is 5.73 Å². The molecule has 0 aromatic heterocycles. The molecule has 13 heavy (non-hydrogen) atoms. The predicted molar refractivity (Wildman–Crippen MR) is 54.6 cm³/mol. The van der Waals surface area contributed by atoms with Gasteiger partial charge in [-0.05, 0) is 27.2 Å². The molecule has 0 aliphatic rings. The topological polar surface area (TPSA) is 67.1 Å². The van der Waals surface area contributed by atoms with Gasteiger partial charge in [-0.2, -0.15) is 0 Å². The fourth-order valence-electron chi connectivity index (χ4n) is 0.856. The quantitative estimate of drug-likeness (QED) is 0.610. The van der Waals surface area contributed by atoms with E-state index in [4.69, 9.17) is 5.73 Å². The van der Waals surface area contributed by atoms with E-state index in [-0.39, 0.29) is 17.6 Å². The summed E-state index contributed by atoms with van der Waals surface area (Å²) in [6.45, 7) is 8.24. The lowest BCUT2D eigenvalue weighted by atomic mass is 10.00. The molecule has 4 nitrogen and oxygen atoms in total.